The molecule has 0 radical (unpaired) electrons. The van der Waals surface area contributed by atoms with Crippen LogP contribution in [-0.2, 0) is 6.42 Å². The molecule has 0 heterocycles. The molecule has 0 unspecified atom stereocenters. The fourth-order valence-electron chi connectivity index (χ4n) is 2.68. The summed E-state index contributed by atoms with van der Waals surface area (Å²) in [5.74, 6) is 0. The second kappa shape index (κ2) is 3.38. The smallest absolute Gasteiger partial charge is 0.0409 e. The maximum atomic E-state index is 3.33. The molecule has 0 atom stereocenters. The number of nitrogens with one attached hydrogen (secondary N) is 1. The normalized spacial score (nSPS) is 12.1. The Morgan fingerprint density at radius 2 is 1.81 bits per heavy atom. The first-order valence-corrected chi connectivity index (χ1v) is 5.70. The molecule has 1 N–H and O–H groups in total. The van der Waals surface area contributed by atoms with E-state index in [0.29, 0.717) is 0 Å². The van der Waals surface area contributed by atoms with Gasteiger partial charge in [0.2, 0.25) is 0 Å². The van der Waals surface area contributed by atoms with Gasteiger partial charge in [0.15, 0.2) is 0 Å². The van der Waals surface area contributed by atoms with Crippen molar-refractivity contribution in [1.82, 2.24) is 0 Å². The fraction of sp³-hybridized carbons (Fsp3) is 0.200. The highest BCUT2D eigenvalue weighted by Gasteiger charge is 2.20. The maximum Gasteiger partial charge on any atom is 0.0409 e. The third-order valence-corrected chi connectivity index (χ3v) is 3.45. The summed E-state index contributed by atoms with van der Waals surface area (Å²) in [4.78, 5) is 0. The summed E-state index contributed by atoms with van der Waals surface area (Å²) in [5, 5.41) is 3.33. The van der Waals surface area contributed by atoms with Crippen LogP contribution in [0.2, 0.25) is 0 Å². The van der Waals surface area contributed by atoms with E-state index in [1.54, 1.807) is 0 Å². The Morgan fingerprint density at radius 3 is 2.62 bits per heavy atom. The molecule has 0 bridgehead atoms. The van der Waals surface area contributed by atoms with Crippen LogP contribution in [-0.4, -0.2) is 7.05 Å². The van der Waals surface area contributed by atoms with Crippen molar-refractivity contribution in [2.75, 3.05) is 12.4 Å². The van der Waals surface area contributed by atoms with Gasteiger partial charge in [-0.2, -0.15) is 0 Å². The van der Waals surface area contributed by atoms with Gasteiger partial charge < -0.3 is 5.32 Å². The van der Waals surface area contributed by atoms with E-state index in [-0.39, 0.29) is 0 Å². The zero-order valence-corrected chi connectivity index (χ0v) is 9.67. The van der Waals surface area contributed by atoms with Crippen LogP contribution in [0.3, 0.4) is 0 Å². The minimum atomic E-state index is 1.06. The van der Waals surface area contributed by atoms with Crippen LogP contribution in [0.15, 0.2) is 36.4 Å². The molecule has 0 amide bonds. The Labute approximate surface area is 96.1 Å². The van der Waals surface area contributed by atoms with Crippen molar-refractivity contribution in [2.45, 2.75) is 13.3 Å². The molecular weight excluding hydrogens is 194 g/mol. The zero-order chi connectivity index (χ0) is 11.1. The van der Waals surface area contributed by atoms with Crippen LogP contribution in [0.25, 0.3) is 11.1 Å². The van der Waals surface area contributed by atoms with E-state index in [2.05, 4.69) is 48.6 Å². The van der Waals surface area contributed by atoms with Crippen molar-refractivity contribution in [3.8, 4) is 11.1 Å². The quantitative estimate of drug-likeness (QED) is 0.645. The summed E-state index contributed by atoms with van der Waals surface area (Å²) in [6.07, 6.45) is 1.06. The van der Waals surface area contributed by atoms with Crippen molar-refractivity contribution in [3.63, 3.8) is 0 Å². The van der Waals surface area contributed by atoms with Gasteiger partial charge in [-0.05, 0) is 34.7 Å². The van der Waals surface area contributed by atoms with Crippen LogP contribution in [0.1, 0.15) is 16.7 Å². The summed E-state index contributed by atoms with van der Waals surface area (Å²) < 4.78 is 0. The summed E-state index contributed by atoms with van der Waals surface area (Å²) in [6, 6.07) is 13.1. The van der Waals surface area contributed by atoms with Gasteiger partial charge in [0.05, 0.1) is 0 Å². The van der Waals surface area contributed by atoms with Gasteiger partial charge in [0.1, 0.15) is 0 Å². The SMILES string of the molecule is CNc1c(C)ccc2c1Cc1ccccc1-2. The Kier molecular flexibility index (Phi) is 2.00. The second-order valence-electron chi connectivity index (χ2n) is 4.37. The molecule has 1 aliphatic carbocycles. The molecule has 0 saturated heterocycles. The highest BCUT2D eigenvalue weighted by Crippen LogP contribution is 2.41. The molecule has 0 saturated carbocycles. The molecule has 2 aromatic rings. The zero-order valence-electron chi connectivity index (χ0n) is 9.67. The van der Waals surface area contributed by atoms with E-state index in [4.69, 9.17) is 0 Å². The first-order valence-electron chi connectivity index (χ1n) is 5.70. The van der Waals surface area contributed by atoms with Gasteiger partial charge in [-0.1, -0.05) is 36.4 Å². The molecule has 3 rings (SSSR count). The fourth-order valence-corrected chi connectivity index (χ4v) is 2.68. The Balaban J connectivity index is 2.28. The van der Waals surface area contributed by atoms with Crippen LogP contribution in [0.5, 0.6) is 0 Å². The van der Waals surface area contributed by atoms with Gasteiger partial charge in [0.25, 0.3) is 0 Å². The standard InChI is InChI=1S/C15H15N/c1-10-7-8-13-12-6-4-3-5-11(12)9-14(13)15(10)16-2/h3-8,16H,9H2,1-2H3. The largest absolute Gasteiger partial charge is 0.388 e. The van der Waals surface area contributed by atoms with Crippen LogP contribution < -0.4 is 5.32 Å². The summed E-state index contributed by atoms with van der Waals surface area (Å²) in [7, 11) is 2.01. The van der Waals surface area contributed by atoms with Gasteiger partial charge in [0, 0.05) is 19.2 Å². The lowest BCUT2D eigenvalue weighted by molar-refractivity contribution is 1.24. The van der Waals surface area contributed by atoms with Gasteiger partial charge in [-0.3, -0.25) is 0 Å². The third-order valence-electron chi connectivity index (χ3n) is 3.45. The first kappa shape index (κ1) is 9.46. The lowest BCUT2D eigenvalue weighted by Crippen LogP contribution is -1.97. The molecule has 16 heavy (non-hydrogen) atoms. The molecule has 0 fully saturated rings. The lowest BCUT2D eigenvalue weighted by Gasteiger charge is -2.11. The Bertz CT molecular complexity index is 555. The van der Waals surface area contributed by atoms with Crippen LogP contribution in [0.4, 0.5) is 5.69 Å². The molecular formula is C15H15N. The average Bonchev–Trinajstić information content (AvgIpc) is 2.67. The first-order chi connectivity index (χ1) is 7.81. The summed E-state index contributed by atoms with van der Waals surface area (Å²) in [5.41, 5.74) is 8.31. The Morgan fingerprint density at radius 1 is 1.00 bits per heavy atom. The monoisotopic (exact) mass is 209 g/mol. The van der Waals surface area contributed by atoms with Crippen molar-refractivity contribution >= 4 is 5.69 Å². The predicted octanol–water partition coefficient (Wildman–Crippen LogP) is 3.61. The minimum Gasteiger partial charge on any atom is -0.388 e. The molecule has 0 aliphatic heterocycles. The van der Waals surface area contributed by atoms with E-state index >= 15 is 0 Å². The highest BCUT2D eigenvalue weighted by molar-refractivity contribution is 5.83. The van der Waals surface area contributed by atoms with E-state index < -0.39 is 0 Å². The van der Waals surface area contributed by atoms with Crippen LogP contribution >= 0.6 is 0 Å². The lowest BCUT2D eigenvalue weighted by atomic mass is 10.0. The second-order valence-corrected chi connectivity index (χ2v) is 4.37. The number of hydrogen-bond acceptors (Lipinski definition) is 1. The van der Waals surface area contributed by atoms with Crippen molar-refractivity contribution in [3.05, 3.63) is 53.1 Å². The van der Waals surface area contributed by atoms with Gasteiger partial charge in [-0.25, -0.2) is 0 Å². The van der Waals surface area contributed by atoms with Crippen molar-refractivity contribution in [1.29, 1.82) is 0 Å². The molecule has 1 heteroatoms. The molecule has 1 aliphatic rings. The van der Waals surface area contributed by atoms with E-state index in [1.807, 2.05) is 7.05 Å². The summed E-state index contributed by atoms with van der Waals surface area (Å²) in [6.45, 7) is 2.16. The summed E-state index contributed by atoms with van der Waals surface area (Å²) >= 11 is 0. The number of rotatable bonds is 1. The number of aryl methyl sites for hydroxylation is 1. The third kappa shape index (κ3) is 1.18. The van der Waals surface area contributed by atoms with Crippen molar-refractivity contribution < 1.29 is 0 Å². The minimum absolute atomic E-state index is 1.06. The highest BCUT2D eigenvalue weighted by atomic mass is 14.8. The van der Waals surface area contributed by atoms with E-state index in [1.165, 1.54) is 33.5 Å². The Hall–Kier alpha value is -1.76. The topological polar surface area (TPSA) is 12.0 Å². The molecule has 1 nitrogen and oxygen atoms in total. The number of hydrogen-bond donors (Lipinski definition) is 1. The van der Waals surface area contributed by atoms with Crippen LogP contribution in [0, 0.1) is 6.92 Å². The molecule has 2 aromatic carbocycles. The maximum absolute atomic E-state index is 3.33. The number of anilines is 1. The van der Waals surface area contributed by atoms with E-state index in [0.717, 1.165) is 6.42 Å². The van der Waals surface area contributed by atoms with Gasteiger partial charge >= 0.3 is 0 Å². The molecule has 80 valence electrons. The average molecular weight is 209 g/mol. The predicted molar refractivity (Wildman–Crippen MR) is 69.0 cm³/mol. The molecule has 0 aromatic heterocycles. The van der Waals surface area contributed by atoms with E-state index in [9.17, 15) is 0 Å². The van der Waals surface area contributed by atoms with Gasteiger partial charge in [-0.15, -0.1) is 0 Å². The van der Waals surface area contributed by atoms with Crippen molar-refractivity contribution in [2.24, 2.45) is 0 Å². The molecule has 0 spiro atoms. The number of fused-ring (bicyclic) bond motifs is 3. The number of benzene rings is 2.